The lowest BCUT2D eigenvalue weighted by Crippen LogP contribution is -2.01. The molecule has 0 N–H and O–H groups in total. The molecule has 0 heterocycles. The van der Waals surface area contributed by atoms with Gasteiger partial charge in [-0.25, -0.2) is 0 Å². The van der Waals surface area contributed by atoms with Crippen molar-refractivity contribution in [3.05, 3.63) is 84.4 Å². The van der Waals surface area contributed by atoms with E-state index in [-0.39, 0.29) is 6.10 Å². The van der Waals surface area contributed by atoms with Gasteiger partial charge in [0.1, 0.15) is 12.7 Å². The third-order valence-corrected chi connectivity index (χ3v) is 2.68. The van der Waals surface area contributed by atoms with Crippen LogP contribution in [0.5, 0.6) is 0 Å². The molecule has 0 fully saturated rings. The number of hydrogen-bond donors (Lipinski definition) is 0. The molecule has 0 aliphatic carbocycles. The summed E-state index contributed by atoms with van der Waals surface area (Å²) in [5, 5.41) is 0. The van der Waals surface area contributed by atoms with E-state index in [1.54, 1.807) is 6.08 Å². The first-order valence-corrected chi connectivity index (χ1v) is 6.23. The number of benzene rings is 2. The molecular weight excluding hydrogens is 232 g/mol. The highest BCUT2D eigenvalue weighted by Gasteiger charge is 2.05. The molecule has 19 heavy (non-hydrogen) atoms. The molecule has 0 spiro atoms. The van der Waals surface area contributed by atoms with E-state index in [1.807, 2.05) is 60.7 Å². The summed E-state index contributed by atoms with van der Waals surface area (Å²) in [5.74, 6) is 6.08. The number of hydrogen-bond acceptors (Lipinski definition) is 1. The molecule has 94 valence electrons. The van der Waals surface area contributed by atoms with Crippen LogP contribution in [-0.2, 0) is 4.74 Å². The Balaban J connectivity index is 1.92. The van der Waals surface area contributed by atoms with Crippen molar-refractivity contribution in [3.8, 4) is 11.8 Å². The van der Waals surface area contributed by atoms with Crippen LogP contribution in [-0.4, -0.2) is 6.61 Å². The summed E-state index contributed by atoms with van der Waals surface area (Å²) in [5.41, 5.74) is 2.10. The van der Waals surface area contributed by atoms with E-state index in [9.17, 15) is 0 Å². The van der Waals surface area contributed by atoms with Crippen LogP contribution in [0, 0.1) is 11.8 Å². The summed E-state index contributed by atoms with van der Waals surface area (Å²) in [6.07, 6.45) is 1.69. The first-order valence-electron chi connectivity index (χ1n) is 6.23. The first-order chi connectivity index (χ1) is 9.40. The maximum absolute atomic E-state index is 5.71. The van der Waals surface area contributed by atoms with Crippen molar-refractivity contribution in [1.29, 1.82) is 0 Å². The van der Waals surface area contributed by atoms with Crippen LogP contribution in [0.4, 0.5) is 0 Å². The Bertz CT molecular complexity index is 561. The second kappa shape index (κ2) is 7.20. The van der Waals surface area contributed by atoms with Crippen molar-refractivity contribution < 1.29 is 4.74 Å². The highest BCUT2D eigenvalue weighted by atomic mass is 16.5. The Morgan fingerprint density at radius 1 is 1.00 bits per heavy atom. The average molecular weight is 248 g/mol. The molecule has 2 rings (SSSR count). The molecular formula is C18H16O. The molecule has 0 bridgehead atoms. The molecule has 1 atom stereocenters. The fourth-order valence-electron chi connectivity index (χ4n) is 1.73. The van der Waals surface area contributed by atoms with E-state index < -0.39 is 0 Å². The molecule has 0 aromatic heterocycles. The third kappa shape index (κ3) is 4.13. The molecule has 0 amide bonds. The molecule has 0 aliphatic rings. The monoisotopic (exact) mass is 248 g/mol. The van der Waals surface area contributed by atoms with Crippen LogP contribution in [0.1, 0.15) is 17.2 Å². The molecule has 1 nitrogen and oxygen atoms in total. The van der Waals surface area contributed by atoms with E-state index in [4.69, 9.17) is 4.74 Å². The minimum Gasteiger partial charge on any atom is -0.357 e. The zero-order valence-electron chi connectivity index (χ0n) is 10.8. The second-order valence-corrected chi connectivity index (χ2v) is 4.05. The standard InChI is InChI=1S/C18H16O/c1-2-18(17-13-7-4-8-14-17)19-15-9-12-16-10-5-3-6-11-16/h2-8,10-11,13-14,18H,1,15H2. The smallest absolute Gasteiger partial charge is 0.109 e. The lowest BCUT2D eigenvalue weighted by Gasteiger charge is -2.11. The van der Waals surface area contributed by atoms with Gasteiger partial charge in [-0.15, -0.1) is 6.58 Å². The van der Waals surface area contributed by atoms with Crippen LogP contribution in [0.15, 0.2) is 73.3 Å². The Labute approximate surface area is 114 Å². The van der Waals surface area contributed by atoms with Gasteiger partial charge in [0.25, 0.3) is 0 Å². The molecule has 1 unspecified atom stereocenters. The Kier molecular flexibility index (Phi) is 4.98. The highest BCUT2D eigenvalue weighted by molar-refractivity contribution is 5.33. The molecule has 2 aromatic rings. The molecule has 0 aliphatic heterocycles. The second-order valence-electron chi connectivity index (χ2n) is 4.05. The predicted molar refractivity (Wildman–Crippen MR) is 78.7 cm³/mol. The summed E-state index contributed by atoms with van der Waals surface area (Å²) in [4.78, 5) is 0. The van der Waals surface area contributed by atoms with Gasteiger partial charge in [0.05, 0.1) is 0 Å². The van der Waals surface area contributed by atoms with E-state index >= 15 is 0 Å². The lowest BCUT2D eigenvalue weighted by molar-refractivity contribution is 0.114. The molecule has 2 aromatic carbocycles. The van der Waals surface area contributed by atoms with Gasteiger partial charge >= 0.3 is 0 Å². The zero-order chi connectivity index (χ0) is 13.3. The van der Waals surface area contributed by atoms with Gasteiger partial charge in [-0.2, -0.15) is 0 Å². The first kappa shape index (κ1) is 13.1. The van der Waals surface area contributed by atoms with Gasteiger partial charge in [0.2, 0.25) is 0 Å². The van der Waals surface area contributed by atoms with Gasteiger partial charge in [0, 0.05) is 5.56 Å². The van der Waals surface area contributed by atoms with Crippen LogP contribution in [0.25, 0.3) is 0 Å². The Hall–Kier alpha value is -2.30. The molecule has 0 saturated heterocycles. The average Bonchev–Trinajstić information content (AvgIpc) is 2.49. The van der Waals surface area contributed by atoms with Crippen LogP contribution >= 0.6 is 0 Å². The lowest BCUT2D eigenvalue weighted by atomic mass is 10.1. The maximum Gasteiger partial charge on any atom is 0.109 e. The summed E-state index contributed by atoms with van der Waals surface area (Å²) in [7, 11) is 0. The van der Waals surface area contributed by atoms with Gasteiger partial charge in [-0.1, -0.05) is 66.4 Å². The summed E-state index contributed by atoms with van der Waals surface area (Å²) in [6, 6.07) is 19.9. The van der Waals surface area contributed by atoms with E-state index in [2.05, 4.69) is 18.4 Å². The summed E-state index contributed by atoms with van der Waals surface area (Å²) in [6.45, 7) is 4.19. The van der Waals surface area contributed by atoms with Crippen molar-refractivity contribution >= 4 is 0 Å². The van der Waals surface area contributed by atoms with E-state index in [1.165, 1.54) is 0 Å². The van der Waals surface area contributed by atoms with Crippen LogP contribution in [0.3, 0.4) is 0 Å². The number of ether oxygens (including phenoxy) is 1. The minimum absolute atomic E-state index is 0.105. The van der Waals surface area contributed by atoms with Crippen LogP contribution < -0.4 is 0 Å². The minimum atomic E-state index is -0.105. The van der Waals surface area contributed by atoms with Crippen LogP contribution in [0.2, 0.25) is 0 Å². The fraction of sp³-hybridized carbons (Fsp3) is 0.111. The topological polar surface area (TPSA) is 9.23 Å². The zero-order valence-corrected chi connectivity index (χ0v) is 10.8. The quantitative estimate of drug-likeness (QED) is 0.587. The Morgan fingerprint density at radius 2 is 1.63 bits per heavy atom. The van der Waals surface area contributed by atoms with Crippen molar-refractivity contribution in [1.82, 2.24) is 0 Å². The van der Waals surface area contributed by atoms with Gasteiger partial charge in [0.15, 0.2) is 0 Å². The fourth-order valence-corrected chi connectivity index (χ4v) is 1.73. The van der Waals surface area contributed by atoms with Gasteiger partial charge in [-0.05, 0) is 17.7 Å². The number of rotatable bonds is 4. The molecule has 1 heteroatoms. The Morgan fingerprint density at radius 3 is 2.26 bits per heavy atom. The SMILES string of the molecule is C=CC(OCC#Cc1ccccc1)c1ccccc1. The van der Waals surface area contributed by atoms with E-state index in [0.717, 1.165) is 11.1 Å². The van der Waals surface area contributed by atoms with E-state index in [0.29, 0.717) is 6.61 Å². The van der Waals surface area contributed by atoms with Crippen molar-refractivity contribution in [3.63, 3.8) is 0 Å². The predicted octanol–water partition coefficient (Wildman–Crippen LogP) is 3.98. The summed E-state index contributed by atoms with van der Waals surface area (Å²) >= 11 is 0. The normalized spacial score (nSPS) is 11.2. The maximum atomic E-state index is 5.71. The summed E-state index contributed by atoms with van der Waals surface area (Å²) < 4.78 is 5.71. The molecule has 0 saturated carbocycles. The van der Waals surface area contributed by atoms with Crippen molar-refractivity contribution in [2.75, 3.05) is 6.61 Å². The third-order valence-electron chi connectivity index (χ3n) is 2.68. The van der Waals surface area contributed by atoms with Gasteiger partial charge in [-0.3, -0.25) is 0 Å². The highest BCUT2D eigenvalue weighted by Crippen LogP contribution is 2.17. The van der Waals surface area contributed by atoms with Crippen molar-refractivity contribution in [2.45, 2.75) is 6.10 Å². The van der Waals surface area contributed by atoms with Crippen molar-refractivity contribution in [2.24, 2.45) is 0 Å². The van der Waals surface area contributed by atoms with Gasteiger partial charge < -0.3 is 4.74 Å². The molecule has 0 radical (unpaired) electrons. The largest absolute Gasteiger partial charge is 0.357 e.